The van der Waals surface area contributed by atoms with Crippen molar-refractivity contribution in [2.24, 2.45) is 5.73 Å². The highest BCUT2D eigenvalue weighted by atomic mass is 15.3. The Hall–Kier alpha value is -2.21. The number of aromatic nitrogens is 3. The Morgan fingerprint density at radius 2 is 1.58 bits per heavy atom. The molecule has 2 aliphatic heterocycles. The fourth-order valence-electron chi connectivity index (χ4n) is 3.51. The molecule has 2 aliphatic rings. The molecule has 0 radical (unpaired) electrons. The quantitative estimate of drug-likeness (QED) is 0.932. The molecule has 6 nitrogen and oxygen atoms in total. The lowest BCUT2D eigenvalue weighted by Crippen LogP contribution is -2.41. The van der Waals surface area contributed by atoms with E-state index in [1.807, 2.05) is 18.3 Å². The molecular weight excluding hydrogens is 300 g/mol. The van der Waals surface area contributed by atoms with Crippen LogP contribution < -0.4 is 15.5 Å². The lowest BCUT2D eigenvalue weighted by Gasteiger charge is -2.33. The first-order valence-corrected chi connectivity index (χ1v) is 8.84. The van der Waals surface area contributed by atoms with Gasteiger partial charge in [0.05, 0.1) is 11.9 Å². The maximum absolute atomic E-state index is 6.08. The van der Waals surface area contributed by atoms with Crippen LogP contribution in [0.25, 0.3) is 11.3 Å². The van der Waals surface area contributed by atoms with E-state index >= 15 is 0 Å². The number of hydrogen-bond acceptors (Lipinski definition) is 6. The third-order valence-corrected chi connectivity index (χ3v) is 4.96. The molecule has 0 unspecified atom stereocenters. The minimum Gasteiger partial charge on any atom is -0.354 e. The van der Waals surface area contributed by atoms with Crippen LogP contribution in [0, 0.1) is 0 Å². The average molecular weight is 324 g/mol. The Morgan fingerprint density at radius 1 is 0.917 bits per heavy atom. The van der Waals surface area contributed by atoms with Crippen LogP contribution in [0.4, 0.5) is 11.6 Å². The zero-order valence-electron chi connectivity index (χ0n) is 13.9. The smallest absolute Gasteiger partial charge is 0.172 e. The van der Waals surface area contributed by atoms with Crippen molar-refractivity contribution in [2.75, 3.05) is 36.0 Å². The summed E-state index contributed by atoms with van der Waals surface area (Å²) >= 11 is 0. The van der Waals surface area contributed by atoms with Gasteiger partial charge in [-0.2, -0.15) is 0 Å². The average Bonchev–Trinajstić information content (AvgIpc) is 3.17. The van der Waals surface area contributed by atoms with E-state index in [-0.39, 0.29) is 0 Å². The van der Waals surface area contributed by atoms with Crippen LogP contribution in [0.2, 0.25) is 0 Å². The molecule has 2 aromatic heterocycles. The molecule has 4 heterocycles. The zero-order chi connectivity index (χ0) is 16.4. The van der Waals surface area contributed by atoms with Gasteiger partial charge in [-0.05, 0) is 37.8 Å². The van der Waals surface area contributed by atoms with Crippen molar-refractivity contribution >= 4 is 11.6 Å². The summed E-state index contributed by atoms with van der Waals surface area (Å²) in [4.78, 5) is 18.6. The molecule has 0 bridgehead atoms. The summed E-state index contributed by atoms with van der Waals surface area (Å²) in [5, 5.41) is 0. The fraction of sp³-hybridized carbons (Fsp3) is 0.500. The second-order valence-electron chi connectivity index (χ2n) is 6.66. The molecule has 2 saturated heterocycles. The Morgan fingerprint density at radius 3 is 2.29 bits per heavy atom. The third-order valence-electron chi connectivity index (χ3n) is 4.96. The number of hydrogen-bond donors (Lipinski definition) is 1. The van der Waals surface area contributed by atoms with Crippen molar-refractivity contribution in [3.05, 3.63) is 30.7 Å². The summed E-state index contributed by atoms with van der Waals surface area (Å²) in [6.45, 7) is 4.06. The van der Waals surface area contributed by atoms with Gasteiger partial charge in [-0.25, -0.2) is 9.97 Å². The Bertz CT molecular complexity index is 675. The van der Waals surface area contributed by atoms with Crippen LogP contribution in [0.3, 0.4) is 0 Å². The molecular formula is C18H24N6. The first-order valence-electron chi connectivity index (χ1n) is 8.84. The van der Waals surface area contributed by atoms with Crippen molar-refractivity contribution in [1.82, 2.24) is 15.0 Å². The van der Waals surface area contributed by atoms with Gasteiger partial charge in [-0.15, -0.1) is 0 Å². The highest BCUT2D eigenvalue weighted by Crippen LogP contribution is 2.31. The Kier molecular flexibility index (Phi) is 4.30. The molecule has 4 rings (SSSR count). The van der Waals surface area contributed by atoms with Gasteiger partial charge in [0.2, 0.25) is 0 Å². The fourth-order valence-corrected chi connectivity index (χ4v) is 3.51. The lowest BCUT2D eigenvalue weighted by molar-refractivity contribution is 0.498. The van der Waals surface area contributed by atoms with Gasteiger partial charge in [0.15, 0.2) is 11.6 Å². The van der Waals surface area contributed by atoms with E-state index in [4.69, 9.17) is 15.7 Å². The van der Waals surface area contributed by atoms with E-state index in [9.17, 15) is 0 Å². The van der Waals surface area contributed by atoms with Crippen molar-refractivity contribution in [1.29, 1.82) is 0 Å². The maximum Gasteiger partial charge on any atom is 0.172 e. The van der Waals surface area contributed by atoms with Gasteiger partial charge in [0.25, 0.3) is 0 Å². The van der Waals surface area contributed by atoms with E-state index in [1.165, 1.54) is 12.8 Å². The second kappa shape index (κ2) is 6.73. The molecule has 24 heavy (non-hydrogen) atoms. The molecule has 2 fully saturated rings. The van der Waals surface area contributed by atoms with E-state index in [1.54, 1.807) is 12.4 Å². The summed E-state index contributed by atoms with van der Waals surface area (Å²) in [7, 11) is 0. The predicted molar refractivity (Wildman–Crippen MR) is 96.1 cm³/mol. The molecule has 0 atom stereocenters. The van der Waals surface area contributed by atoms with Crippen LogP contribution in [0.5, 0.6) is 0 Å². The molecule has 126 valence electrons. The monoisotopic (exact) mass is 324 g/mol. The minimum atomic E-state index is 0.313. The summed E-state index contributed by atoms with van der Waals surface area (Å²) in [5.41, 5.74) is 8.04. The molecule has 0 aromatic carbocycles. The van der Waals surface area contributed by atoms with Gasteiger partial charge < -0.3 is 15.5 Å². The molecule has 0 spiro atoms. The van der Waals surface area contributed by atoms with Crippen LogP contribution in [-0.4, -0.2) is 47.2 Å². The van der Waals surface area contributed by atoms with Crippen LogP contribution >= 0.6 is 0 Å². The van der Waals surface area contributed by atoms with Gasteiger partial charge in [-0.1, -0.05) is 0 Å². The Balaban J connectivity index is 1.71. The van der Waals surface area contributed by atoms with E-state index in [0.29, 0.717) is 6.04 Å². The molecule has 2 N–H and O–H groups in total. The number of piperidine rings is 1. The number of rotatable bonds is 3. The maximum atomic E-state index is 6.08. The lowest BCUT2D eigenvalue weighted by atomic mass is 10.1. The first-order chi connectivity index (χ1) is 11.8. The number of nitrogens with zero attached hydrogens (tertiary/aromatic N) is 5. The molecule has 6 heteroatoms. The molecule has 0 saturated carbocycles. The molecule has 2 aromatic rings. The largest absolute Gasteiger partial charge is 0.354 e. The summed E-state index contributed by atoms with van der Waals surface area (Å²) < 4.78 is 0. The van der Waals surface area contributed by atoms with Crippen molar-refractivity contribution in [3.63, 3.8) is 0 Å². The highest BCUT2D eigenvalue weighted by Gasteiger charge is 2.25. The summed E-state index contributed by atoms with van der Waals surface area (Å²) in [6.07, 6.45) is 9.98. The van der Waals surface area contributed by atoms with Crippen LogP contribution in [0.1, 0.15) is 25.7 Å². The number of pyridine rings is 1. The third kappa shape index (κ3) is 3.06. The Labute approximate surface area is 142 Å². The summed E-state index contributed by atoms with van der Waals surface area (Å²) in [5.74, 6) is 2.04. The second-order valence-corrected chi connectivity index (χ2v) is 6.66. The SMILES string of the molecule is NC1CCN(c2nc(-c3ccncc3)cnc2N2CCCC2)CC1. The topological polar surface area (TPSA) is 71.2 Å². The summed E-state index contributed by atoms with van der Waals surface area (Å²) in [6, 6.07) is 4.28. The normalized spacial score (nSPS) is 19.0. The first kappa shape index (κ1) is 15.3. The van der Waals surface area contributed by atoms with E-state index in [2.05, 4.69) is 14.8 Å². The van der Waals surface area contributed by atoms with E-state index < -0.39 is 0 Å². The molecule has 0 aliphatic carbocycles. The van der Waals surface area contributed by atoms with Gasteiger partial charge in [-0.3, -0.25) is 4.98 Å². The standard InChI is InChI=1S/C18H24N6/c19-15-5-11-24(12-6-15)18-17(23-9-1-2-10-23)21-13-16(22-18)14-3-7-20-8-4-14/h3-4,7-8,13,15H,1-2,5-6,9-12,19H2. The zero-order valence-corrected chi connectivity index (χ0v) is 13.9. The van der Waals surface area contributed by atoms with Gasteiger partial charge >= 0.3 is 0 Å². The number of anilines is 2. The van der Waals surface area contributed by atoms with E-state index in [0.717, 1.165) is 61.9 Å². The molecule has 0 amide bonds. The van der Waals surface area contributed by atoms with Crippen molar-refractivity contribution in [3.8, 4) is 11.3 Å². The van der Waals surface area contributed by atoms with Crippen molar-refractivity contribution in [2.45, 2.75) is 31.7 Å². The van der Waals surface area contributed by atoms with Crippen LogP contribution in [-0.2, 0) is 0 Å². The minimum absolute atomic E-state index is 0.313. The van der Waals surface area contributed by atoms with Gasteiger partial charge in [0.1, 0.15) is 0 Å². The number of nitrogens with two attached hydrogens (primary N) is 1. The predicted octanol–water partition coefficient (Wildman–Crippen LogP) is 2.07. The van der Waals surface area contributed by atoms with Crippen LogP contribution in [0.15, 0.2) is 30.7 Å². The van der Waals surface area contributed by atoms with Crippen molar-refractivity contribution < 1.29 is 0 Å². The van der Waals surface area contributed by atoms with Gasteiger partial charge in [0, 0.05) is 50.2 Å². The highest BCUT2D eigenvalue weighted by molar-refractivity contribution is 5.68.